The third-order valence-corrected chi connectivity index (χ3v) is 14.0. The van der Waals surface area contributed by atoms with E-state index in [9.17, 15) is 29.1 Å². The van der Waals surface area contributed by atoms with Crippen LogP contribution >= 0.6 is 0 Å². The molecule has 5 amide bonds. The number of benzene rings is 2. The summed E-state index contributed by atoms with van der Waals surface area (Å²) in [6.07, 6.45) is 8.26. The number of imidazole rings is 1. The van der Waals surface area contributed by atoms with Crippen molar-refractivity contribution in [1.82, 2.24) is 36.6 Å². The molecular formula is C48H69BN8O8. The summed E-state index contributed by atoms with van der Waals surface area (Å²) < 4.78 is 12.9. The van der Waals surface area contributed by atoms with Gasteiger partial charge in [-0.25, -0.2) is 4.98 Å². The van der Waals surface area contributed by atoms with E-state index in [1.54, 1.807) is 12.1 Å². The lowest BCUT2D eigenvalue weighted by Gasteiger charge is -2.64. The zero-order valence-electron chi connectivity index (χ0n) is 38.9. The second-order valence-corrected chi connectivity index (χ2v) is 19.1. The van der Waals surface area contributed by atoms with Gasteiger partial charge in [0.15, 0.2) is 0 Å². The lowest BCUT2D eigenvalue weighted by Crippen LogP contribution is -2.65. The SMILES string of the molecule is CCCCc1ccc(-c2ccc(C(=O)N[C@@H](Cc3cnc[nH]3)C(=O)N[C@H](C(=O)N[C@@H](C)C(=O)N[C@@H](CCCCN)C(=O)N[C@@H](C)B3OC4C[C@@H]5C[C@@H](C5(C)C)[C@]4(C)O3)[C@@H](C)O)cc2)cc1. The number of nitrogens with two attached hydrogens (primary N) is 1. The molecule has 3 aliphatic carbocycles. The predicted octanol–water partition coefficient (Wildman–Crippen LogP) is 3.52. The molecule has 1 aromatic heterocycles. The number of aromatic nitrogens is 2. The Kier molecular flexibility index (Phi) is 16.3. The first kappa shape index (κ1) is 49.3. The second kappa shape index (κ2) is 21.5. The molecule has 1 saturated heterocycles. The van der Waals surface area contributed by atoms with Crippen LogP contribution in [0.1, 0.15) is 115 Å². The van der Waals surface area contributed by atoms with E-state index >= 15 is 0 Å². The van der Waals surface area contributed by atoms with Crippen LogP contribution in [0.5, 0.6) is 0 Å². The van der Waals surface area contributed by atoms with Gasteiger partial charge in [-0.1, -0.05) is 63.6 Å². The normalized spacial score (nSPS) is 23.3. The molecule has 17 heteroatoms. The third kappa shape index (κ3) is 11.7. The van der Waals surface area contributed by atoms with Gasteiger partial charge in [0.05, 0.1) is 30.1 Å². The Morgan fingerprint density at radius 1 is 0.846 bits per heavy atom. The molecule has 7 rings (SSSR count). The quantitative estimate of drug-likeness (QED) is 0.0540. The van der Waals surface area contributed by atoms with Gasteiger partial charge >= 0.3 is 7.12 Å². The summed E-state index contributed by atoms with van der Waals surface area (Å²) in [4.78, 5) is 75.4. The highest BCUT2D eigenvalue weighted by Crippen LogP contribution is 2.65. The molecule has 10 atom stereocenters. The Morgan fingerprint density at radius 2 is 1.52 bits per heavy atom. The van der Waals surface area contributed by atoms with Crippen LogP contribution in [0.3, 0.4) is 0 Å². The highest BCUT2D eigenvalue weighted by molar-refractivity contribution is 6.47. The van der Waals surface area contributed by atoms with E-state index in [4.69, 9.17) is 15.0 Å². The standard InChI is InChI=1S/C48H69BN8O8/c1-8-9-12-31-14-16-32(17-15-31)33-18-20-34(21-19-33)43(60)56-38(25-36-26-51-27-52-36)45(62)57-41(29(3)58)46(63)53-28(2)42(59)55-37(13-10-11-22-50)44(61)54-30(4)49-64-40-24-35-23-39(47(35,5)6)48(40,7)65-49/h14-21,26-30,35,37-41,58H,8-13,22-25,50H2,1-7H3,(H,51,52)(H,53,63)(H,54,61)(H,55,59)(H,56,60)(H,57,62)/t28-,29+,30-,35-,37-,38-,39-,40?,41-,48-/m0/s1. The monoisotopic (exact) mass is 897 g/mol. The zero-order chi connectivity index (χ0) is 47.1. The molecule has 4 aliphatic rings. The largest absolute Gasteiger partial charge is 0.481 e. The number of hydrogen-bond acceptors (Lipinski definition) is 10. The van der Waals surface area contributed by atoms with E-state index in [0.717, 1.165) is 43.2 Å². The zero-order valence-corrected chi connectivity index (χ0v) is 38.9. The number of nitrogens with one attached hydrogen (secondary N) is 6. The number of rotatable bonds is 22. The van der Waals surface area contributed by atoms with E-state index in [1.807, 2.05) is 19.1 Å². The van der Waals surface area contributed by atoms with Gasteiger partial charge in [-0.3, -0.25) is 24.0 Å². The van der Waals surface area contributed by atoms with Crippen molar-refractivity contribution in [3.05, 3.63) is 77.9 Å². The van der Waals surface area contributed by atoms with Crippen molar-refractivity contribution in [1.29, 1.82) is 0 Å². The minimum atomic E-state index is -1.51. The van der Waals surface area contributed by atoms with Gasteiger partial charge in [0.2, 0.25) is 23.6 Å². The first-order valence-corrected chi connectivity index (χ1v) is 23.3. The number of carbonyl (C=O) groups is 5. The Hall–Kier alpha value is -5.10. The van der Waals surface area contributed by atoms with E-state index in [2.05, 4.69) is 88.5 Å². The van der Waals surface area contributed by atoms with Gasteiger partial charge in [0.25, 0.3) is 5.91 Å². The smallest absolute Gasteiger partial charge is 0.404 e. The topological polar surface area (TPSA) is 239 Å². The van der Waals surface area contributed by atoms with Gasteiger partial charge in [-0.2, -0.15) is 0 Å². The first-order valence-electron chi connectivity index (χ1n) is 23.3. The van der Waals surface area contributed by atoms with Crippen molar-refractivity contribution in [2.75, 3.05) is 6.54 Å². The number of aliphatic hydroxyl groups is 1. The van der Waals surface area contributed by atoms with Crippen LogP contribution in [0.25, 0.3) is 11.1 Å². The lowest BCUT2D eigenvalue weighted by molar-refractivity contribution is -0.199. The van der Waals surface area contributed by atoms with Gasteiger partial charge in [-0.15, -0.1) is 0 Å². The Bertz CT molecular complexity index is 2100. The number of aliphatic hydroxyl groups excluding tert-OH is 1. The Balaban J connectivity index is 1.05. The van der Waals surface area contributed by atoms with Gasteiger partial charge in [-0.05, 0) is 125 Å². The molecule has 16 nitrogen and oxygen atoms in total. The Morgan fingerprint density at radius 3 is 2.14 bits per heavy atom. The Labute approximate surface area is 383 Å². The van der Waals surface area contributed by atoms with E-state index in [1.165, 1.54) is 31.9 Å². The molecule has 4 fully saturated rings. The first-order chi connectivity index (χ1) is 30.9. The van der Waals surface area contributed by atoms with Crippen LogP contribution in [-0.2, 0) is 41.3 Å². The highest BCUT2D eigenvalue weighted by atomic mass is 16.7. The fraction of sp³-hybridized carbons (Fsp3) is 0.583. The minimum Gasteiger partial charge on any atom is -0.404 e. The number of carbonyl (C=O) groups excluding carboxylic acids is 5. The molecule has 1 aliphatic heterocycles. The van der Waals surface area contributed by atoms with Crippen LogP contribution in [0, 0.1) is 17.3 Å². The summed E-state index contributed by atoms with van der Waals surface area (Å²) in [5, 5.41) is 24.4. The number of amides is 5. The molecular weight excluding hydrogens is 827 g/mol. The molecule has 65 heavy (non-hydrogen) atoms. The number of aryl methyl sites for hydroxylation is 1. The fourth-order valence-corrected chi connectivity index (χ4v) is 9.72. The maximum Gasteiger partial charge on any atom is 0.481 e. The number of aromatic amines is 1. The predicted molar refractivity (Wildman–Crippen MR) is 248 cm³/mol. The van der Waals surface area contributed by atoms with Gasteiger partial charge in [0, 0.05) is 23.9 Å². The summed E-state index contributed by atoms with van der Waals surface area (Å²) in [6, 6.07) is 10.5. The molecule has 2 aromatic carbocycles. The van der Waals surface area contributed by atoms with Crippen molar-refractivity contribution in [2.45, 2.75) is 154 Å². The van der Waals surface area contributed by atoms with Crippen LogP contribution in [-0.4, -0.2) is 106 Å². The van der Waals surface area contributed by atoms with Crippen molar-refractivity contribution >= 4 is 36.7 Å². The van der Waals surface area contributed by atoms with Crippen LogP contribution < -0.4 is 32.3 Å². The molecule has 0 radical (unpaired) electrons. The summed E-state index contributed by atoms with van der Waals surface area (Å²) >= 11 is 0. The molecule has 9 N–H and O–H groups in total. The average Bonchev–Trinajstić information content (AvgIpc) is 3.94. The molecule has 3 saturated carbocycles. The molecule has 3 aromatic rings. The number of hydrogen-bond donors (Lipinski definition) is 8. The maximum atomic E-state index is 13.9. The molecule has 0 spiro atoms. The van der Waals surface area contributed by atoms with Crippen LogP contribution in [0.15, 0.2) is 61.1 Å². The number of H-pyrrole nitrogens is 1. The summed E-state index contributed by atoms with van der Waals surface area (Å²) in [5.41, 5.74) is 9.53. The van der Waals surface area contributed by atoms with Crippen LogP contribution in [0.4, 0.5) is 0 Å². The number of unbranched alkanes of at least 4 members (excludes halogenated alkanes) is 2. The summed E-state index contributed by atoms with van der Waals surface area (Å²) in [6.45, 7) is 13.8. The summed E-state index contributed by atoms with van der Waals surface area (Å²) in [5.74, 6) is -2.78. The van der Waals surface area contributed by atoms with Gasteiger partial charge < -0.3 is 51.7 Å². The molecule has 2 heterocycles. The fourth-order valence-electron chi connectivity index (χ4n) is 9.72. The number of nitrogens with zero attached hydrogens (tertiary/aromatic N) is 1. The molecule has 1 unspecified atom stereocenters. The van der Waals surface area contributed by atoms with Crippen molar-refractivity contribution in [3.63, 3.8) is 0 Å². The van der Waals surface area contributed by atoms with Crippen molar-refractivity contribution in [3.8, 4) is 11.1 Å². The lowest BCUT2D eigenvalue weighted by atomic mass is 9.43. The molecule has 352 valence electrons. The van der Waals surface area contributed by atoms with Gasteiger partial charge in [0.1, 0.15) is 24.2 Å². The maximum absolute atomic E-state index is 13.9. The molecule has 2 bridgehead atoms. The van der Waals surface area contributed by atoms with Crippen LogP contribution in [0.2, 0.25) is 0 Å². The third-order valence-electron chi connectivity index (χ3n) is 14.0. The van der Waals surface area contributed by atoms with E-state index < -0.39 is 78.5 Å². The van der Waals surface area contributed by atoms with E-state index in [-0.39, 0.29) is 17.9 Å². The summed E-state index contributed by atoms with van der Waals surface area (Å²) in [7, 11) is -0.655. The highest BCUT2D eigenvalue weighted by Gasteiger charge is 2.68. The average molecular weight is 897 g/mol. The van der Waals surface area contributed by atoms with Crippen molar-refractivity contribution in [2.24, 2.45) is 23.0 Å². The van der Waals surface area contributed by atoms with E-state index in [0.29, 0.717) is 48.9 Å². The van der Waals surface area contributed by atoms with Crippen molar-refractivity contribution < 1.29 is 38.4 Å². The minimum absolute atomic E-state index is 0.00270. The second-order valence-electron chi connectivity index (χ2n) is 19.1.